The molecule has 0 radical (unpaired) electrons. The predicted octanol–water partition coefficient (Wildman–Crippen LogP) is 4.44. The van der Waals surface area contributed by atoms with Gasteiger partial charge in [-0.2, -0.15) is 0 Å². The van der Waals surface area contributed by atoms with Gasteiger partial charge in [0.1, 0.15) is 22.6 Å². The number of phenols is 1. The van der Waals surface area contributed by atoms with Gasteiger partial charge < -0.3 is 10.2 Å². The van der Waals surface area contributed by atoms with Crippen molar-refractivity contribution in [1.82, 2.24) is 0 Å². The van der Waals surface area contributed by atoms with Gasteiger partial charge in [0.25, 0.3) is 0 Å². The molecule has 1 fully saturated rings. The van der Waals surface area contributed by atoms with Crippen molar-refractivity contribution in [1.29, 1.82) is 0 Å². The SMILES string of the molecule is O=S1(=O)C(CCC(O)c2ccc(F)cc2)C(c2ccc(O)cc2)N1c1ccc(F)cc1. The van der Waals surface area contributed by atoms with Crippen molar-refractivity contribution in [3.05, 3.63) is 95.6 Å². The third-order valence-corrected chi connectivity index (χ3v) is 7.80. The molecule has 4 rings (SSSR count). The summed E-state index contributed by atoms with van der Waals surface area (Å²) >= 11 is 0. The average Bonchev–Trinajstić information content (AvgIpc) is 2.74. The van der Waals surface area contributed by atoms with Crippen molar-refractivity contribution in [2.75, 3.05) is 4.31 Å². The number of phenolic OH excluding ortho intramolecular Hbond substituents is 1. The molecule has 3 aromatic carbocycles. The molecular formula is C23H21F2NO4S. The summed E-state index contributed by atoms with van der Waals surface area (Å²) in [5, 5.41) is 19.2. The molecule has 0 spiro atoms. The highest BCUT2D eigenvalue weighted by Gasteiger charge is 2.54. The molecule has 2 N–H and O–H groups in total. The van der Waals surface area contributed by atoms with Gasteiger partial charge in [-0.1, -0.05) is 24.3 Å². The number of nitrogens with zero attached hydrogens (tertiary/aromatic N) is 1. The van der Waals surface area contributed by atoms with Crippen LogP contribution in [0.15, 0.2) is 72.8 Å². The van der Waals surface area contributed by atoms with Crippen molar-refractivity contribution < 1.29 is 27.4 Å². The Morgan fingerprint density at radius 2 is 1.42 bits per heavy atom. The molecule has 1 aliphatic heterocycles. The molecule has 31 heavy (non-hydrogen) atoms. The molecule has 1 heterocycles. The number of halogens is 2. The Bertz CT molecular complexity index is 1150. The number of rotatable bonds is 6. The van der Waals surface area contributed by atoms with Gasteiger partial charge in [0.2, 0.25) is 10.0 Å². The lowest BCUT2D eigenvalue weighted by atomic mass is 9.96. The van der Waals surface area contributed by atoms with Crippen LogP contribution in [0.3, 0.4) is 0 Å². The van der Waals surface area contributed by atoms with E-state index in [0.717, 1.165) is 0 Å². The second-order valence-electron chi connectivity index (χ2n) is 7.54. The van der Waals surface area contributed by atoms with Crippen LogP contribution in [-0.2, 0) is 10.0 Å². The van der Waals surface area contributed by atoms with E-state index in [2.05, 4.69) is 0 Å². The molecule has 0 aliphatic carbocycles. The van der Waals surface area contributed by atoms with Gasteiger partial charge in [-0.15, -0.1) is 0 Å². The maximum Gasteiger partial charge on any atom is 0.241 e. The molecule has 3 aromatic rings. The zero-order valence-electron chi connectivity index (χ0n) is 16.4. The van der Waals surface area contributed by atoms with Crippen molar-refractivity contribution in [3.63, 3.8) is 0 Å². The van der Waals surface area contributed by atoms with Crippen LogP contribution in [-0.4, -0.2) is 23.9 Å². The van der Waals surface area contributed by atoms with E-state index in [1.807, 2.05) is 0 Å². The van der Waals surface area contributed by atoms with E-state index in [9.17, 15) is 27.4 Å². The second-order valence-corrected chi connectivity index (χ2v) is 9.57. The van der Waals surface area contributed by atoms with Crippen molar-refractivity contribution >= 4 is 15.7 Å². The molecule has 0 aromatic heterocycles. The van der Waals surface area contributed by atoms with Crippen LogP contribution >= 0.6 is 0 Å². The molecule has 0 saturated carbocycles. The number of anilines is 1. The minimum absolute atomic E-state index is 0.0579. The van der Waals surface area contributed by atoms with Gasteiger partial charge in [-0.05, 0) is 72.5 Å². The third-order valence-electron chi connectivity index (χ3n) is 5.56. The lowest BCUT2D eigenvalue weighted by molar-refractivity contribution is 0.162. The normalized spacial score (nSPS) is 20.8. The fourth-order valence-electron chi connectivity index (χ4n) is 3.95. The van der Waals surface area contributed by atoms with Crippen molar-refractivity contribution in [3.8, 4) is 5.75 Å². The van der Waals surface area contributed by atoms with Gasteiger partial charge in [0.15, 0.2) is 0 Å². The Labute approximate surface area is 179 Å². The standard InChI is InChI=1S/C23H21F2NO4S/c24-17-5-1-15(2-6-17)21(28)13-14-22-23(16-3-11-20(27)12-4-16)26(31(22,29)30)19-9-7-18(25)8-10-19/h1-12,21-23,27-28H,13-14H2. The lowest BCUT2D eigenvalue weighted by Crippen LogP contribution is -2.58. The smallest absolute Gasteiger partial charge is 0.241 e. The number of sulfonamides is 1. The Hall–Kier alpha value is -2.97. The second kappa shape index (κ2) is 8.28. The molecule has 3 unspecified atom stereocenters. The summed E-state index contributed by atoms with van der Waals surface area (Å²) < 4.78 is 54.0. The molecule has 1 aliphatic rings. The van der Waals surface area contributed by atoms with E-state index in [-0.39, 0.29) is 18.6 Å². The van der Waals surface area contributed by atoms with Gasteiger partial charge in [-0.25, -0.2) is 17.2 Å². The number of aliphatic hydroxyl groups excluding tert-OH is 1. The predicted molar refractivity (Wildman–Crippen MR) is 113 cm³/mol. The highest BCUT2D eigenvalue weighted by Crippen LogP contribution is 2.48. The first-order valence-electron chi connectivity index (χ1n) is 9.78. The van der Waals surface area contributed by atoms with E-state index >= 15 is 0 Å². The molecular weight excluding hydrogens is 424 g/mol. The average molecular weight is 445 g/mol. The first kappa shape index (κ1) is 21.3. The summed E-state index contributed by atoms with van der Waals surface area (Å²) in [5.41, 5.74) is 1.53. The van der Waals surface area contributed by atoms with Crippen LogP contribution in [0.5, 0.6) is 5.75 Å². The highest BCUT2D eigenvalue weighted by atomic mass is 32.2. The third kappa shape index (κ3) is 4.13. The van der Waals surface area contributed by atoms with Crippen LogP contribution < -0.4 is 4.31 Å². The maximum atomic E-state index is 13.4. The van der Waals surface area contributed by atoms with Crippen LogP contribution in [0.4, 0.5) is 14.5 Å². The maximum absolute atomic E-state index is 13.4. The highest BCUT2D eigenvalue weighted by molar-refractivity contribution is 7.95. The van der Waals surface area contributed by atoms with Crippen LogP contribution in [0.2, 0.25) is 0 Å². The van der Waals surface area contributed by atoms with Gasteiger partial charge in [0, 0.05) is 0 Å². The summed E-state index contributed by atoms with van der Waals surface area (Å²) in [6.45, 7) is 0. The summed E-state index contributed by atoms with van der Waals surface area (Å²) in [4.78, 5) is 0. The van der Waals surface area contributed by atoms with E-state index in [4.69, 9.17) is 0 Å². The molecule has 1 saturated heterocycles. The molecule has 8 heteroatoms. The topological polar surface area (TPSA) is 77.8 Å². The van der Waals surface area contributed by atoms with Crippen LogP contribution in [0.1, 0.15) is 36.1 Å². The van der Waals surface area contributed by atoms with Crippen LogP contribution in [0, 0.1) is 11.6 Å². The minimum atomic E-state index is -3.74. The Morgan fingerprint density at radius 3 is 2.00 bits per heavy atom. The van der Waals surface area contributed by atoms with E-state index in [1.165, 1.54) is 65.0 Å². The van der Waals surface area contributed by atoms with E-state index in [0.29, 0.717) is 16.8 Å². The largest absolute Gasteiger partial charge is 0.508 e. The van der Waals surface area contributed by atoms with Gasteiger partial charge in [0.05, 0.1) is 17.8 Å². The first-order chi connectivity index (χ1) is 14.8. The van der Waals surface area contributed by atoms with E-state index < -0.39 is 39.1 Å². The summed E-state index contributed by atoms with van der Waals surface area (Å²) in [7, 11) is -3.74. The monoisotopic (exact) mass is 445 g/mol. The van der Waals surface area contributed by atoms with Crippen molar-refractivity contribution in [2.24, 2.45) is 0 Å². The molecule has 0 bridgehead atoms. The van der Waals surface area contributed by atoms with E-state index in [1.54, 1.807) is 12.1 Å². The molecule has 0 amide bonds. The van der Waals surface area contributed by atoms with Crippen molar-refractivity contribution in [2.45, 2.75) is 30.2 Å². The lowest BCUT2D eigenvalue weighted by Gasteiger charge is -2.48. The summed E-state index contributed by atoms with van der Waals surface area (Å²) in [5.74, 6) is -0.829. The summed E-state index contributed by atoms with van der Waals surface area (Å²) in [6, 6.07) is 16.3. The van der Waals surface area contributed by atoms with Gasteiger partial charge in [-0.3, -0.25) is 4.31 Å². The number of hydrogen-bond acceptors (Lipinski definition) is 4. The molecule has 3 atom stereocenters. The number of aromatic hydroxyl groups is 1. The van der Waals surface area contributed by atoms with Crippen LogP contribution in [0.25, 0.3) is 0 Å². The number of aliphatic hydroxyl groups is 1. The Morgan fingerprint density at radius 1 is 0.871 bits per heavy atom. The van der Waals surface area contributed by atoms with Gasteiger partial charge >= 0.3 is 0 Å². The molecule has 5 nitrogen and oxygen atoms in total. The minimum Gasteiger partial charge on any atom is -0.508 e. The Balaban J connectivity index is 1.61. The zero-order valence-corrected chi connectivity index (χ0v) is 17.2. The summed E-state index contributed by atoms with van der Waals surface area (Å²) in [6.07, 6.45) is -0.595. The quantitative estimate of drug-likeness (QED) is 0.588. The Kier molecular flexibility index (Phi) is 5.68. The fourth-order valence-corrected chi connectivity index (χ4v) is 6.09. The fraction of sp³-hybridized carbons (Fsp3) is 0.217. The number of benzene rings is 3. The first-order valence-corrected chi connectivity index (χ1v) is 11.3. The zero-order chi connectivity index (χ0) is 22.2. The molecule has 162 valence electrons. The number of hydrogen-bond donors (Lipinski definition) is 2.